The number of hydrogen-bond donors (Lipinski definition) is 3. The lowest BCUT2D eigenvalue weighted by Crippen LogP contribution is -1.97. The van der Waals surface area contributed by atoms with Crippen molar-refractivity contribution in [3.8, 4) is 11.3 Å². The molecule has 7 heteroatoms. The average molecular weight is 272 g/mol. The molecule has 20 heavy (non-hydrogen) atoms. The number of aromatic carboxylic acids is 1. The van der Waals surface area contributed by atoms with Gasteiger partial charge < -0.3 is 15.8 Å². The number of carbonyl (C=O) groups is 1. The van der Waals surface area contributed by atoms with E-state index in [0.717, 1.165) is 0 Å². The summed E-state index contributed by atoms with van der Waals surface area (Å²) in [4.78, 5) is 22.0. The van der Waals surface area contributed by atoms with Crippen molar-refractivity contribution in [3.05, 3.63) is 42.1 Å². The predicted octanol–water partition coefficient (Wildman–Crippen LogP) is 2.04. The molecule has 0 atom stereocenters. The highest BCUT2D eigenvalue weighted by Gasteiger charge is 2.17. The van der Waals surface area contributed by atoms with Gasteiger partial charge in [0.1, 0.15) is 17.8 Å². The van der Waals surface area contributed by atoms with Gasteiger partial charge in [0.2, 0.25) is 0 Å². The Hall–Kier alpha value is -2.96. The van der Waals surface area contributed by atoms with Gasteiger partial charge in [-0.25, -0.2) is 19.2 Å². The van der Waals surface area contributed by atoms with Gasteiger partial charge in [-0.05, 0) is 18.2 Å². The van der Waals surface area contributed by atoms with Crippen molar-refractivity contribution >= 4 is 22.7 Å². The van der Waals surface area contributed by atoms with Gasteiger partial charge in [0, 0.05) is 17.4 Å². The van der Waals surface area contributed by atoms with Gasteiger partial charge >= 0.3 is 5.97 Å². The second-order valence-corrected chi connectivity index (χ2v) is 4.23. The van der Waals surface area contributed by atoms with Gasteiger partial charge in [-0.3, -0.25) is 0 Å². The number of nitrogens with one attached hydrogen (secondary N) is 1. The molecule has 0 spiro atoms. The van der Waals surface area contributed by atoms with Gasteiger partial charge in [-0.2, -0.15) is 0 Å². The Morgan fingerprint density at radius 1 is 1.30 bits per heavy atom. The quantitative estimate of drug-likeness (QED) is 0.619. The van der Waals surface area contributed by atoms with Crippen LogP contribution in [0.2, 0.25) is 0 Å². The molecule has 0 fully saturated rings. The molecular formula is C13H9FN4O2. The molecule has 2 aromatic heterocycles. The van der Waals surface area contributed by atoms with Crippen LogP contribution in [0.5, 0.6) is 0 Å². The molecule has 0 unspecified atom stereocenters. The molecular weight excluding hydrogens is 263 g/mol. The number of carboxylic acid groups (broad SMARTS) is 1. The first-order valence-electron chi connectivity index (χ1n) is 5.68. The summed E-state index contributed by atoms with van der Waals surface area (Å²) in [7, 11) is 0. The molecule has 3 rings (SSSR count). The minimum Gasteiger partial charge on any atom is -0.478 e. The standard InChI is InChI=1S/C13H9FN4O2/c14-7-1-6(2-8(15)3-7)11-10-9(13(19)20)4-16-12(10)18-5-17-11/h1-5H,15H2,(H,19,20)(H,16,17,18). The van der Waals surface area contributed by atoms with Crippen LogP contribution in [0.25, 0.3) is 22.3 Å². The topological polar surface area (TPSA) is 105 Å². The molecule has 4 N–H and O–H groups in total. The van der Waals surface area contributed by atoms with Crippen LogP contribution < -0.4 is 5.73 Å². The van der Waals surface area contributed by atoms with Crippen LogP contribution in [-0.2, 0) is 0 Å². The van der Waals surface area contributed by atoms with E-state index in [1.54, 1.807) is 0 Å². The maximum Gasteiger partial charge on any atom is 0.338 e. The van der Waals surface area contributed by atoms with Crippen LogP contribution >= 0.6 is 0 Å². The number of nitrogen functional groups attached to an aromatic ring is 1. The lowest BCUT2D eigenvalue weighted by Gasteiger charge is -2.05. The Kier molecular flexibility index (Phi) is 2.60. The summed E-state index contributed by atoms with van der Waals surface area (Å²) in [6.07, 6.45) is 2.61. The molecule has 0 saturated carbocycles. The molecule has 0 radical (unpaired) electrons. The zero-order valence-electron chi connectivity index (χ0n) is 10.1. The van der Waals surface area contributed by atoms with E-state index in [1.165, 1.54) is 30.7 Å². The zero-order valence-corrected chi connectivity index (χ0v) is 10.1. The number of nitrogens with two attached hydrogens (primary N) is 1. The van der Waals surface area contributed by atoms with E-state index in [9.17, 15) is 14.3 Å². The number of H-pyrrole nitrogens is 1. The van der Waals surface area contributed by atoms with Crippen molar-refractivity contribution in [1.82, 2.24) is 15.0 Å². The molecule has 0 saturated heterocycles. The number of benzene rings is 1. The highest BCUT2D eigenvalue weighted by Crippen LogP contribution is 2.29. The monoisotopic (exact) mass is 272 g/mol. The number of anilines is 1. The van der Waals surface area contributed by atoms with Crippen molar-refractivity contribution in [2.45, 2.75) is 0 Å². The number of rotatable bonds is 2. The minimum atomic E-state index is -1.11. The van der Waals surface area contributed by atoms with Crippen molar-refractivity contribution in [1.29, 1.82) is 0 Å². The van der Waals surface area contributed by atoms with Crippen LogP contribution in [-0.4, -0.2) is 26.0 Å². The van der Waals surface area contributed by atoms with E-state index in [4.69, 9.17) is 5.73 Å². The Bertz CT molecular complexity index is 808. The van der Waals surface area contributed by atoms with Gasteiger partial charge in [0.25, 0.3) is 0 Å². The van der Waals surface area contributed by atoms with E-state index >= 15 is 0 Å². The third-order valence-electron chi connectivity index (χ3n) is 2.89. The molecule has 100 valence electrons. The molecule has 0 bridgehead atoms. The summed E-state index contributed by atoms with van der Waals surface area (Å²) in [5.74, 6) is -1.63. The first kappa shape index (κ1) is 12.1. The third kappa shape index (κ3) is 1.85. The summed E-state index contributed by atoms with van der Waals surface area (Å²) in [5, 5.41) is 9.50. The van der Waals surface area contributed by atoms with Crippen LogP contribution in [0.3, 0.4) is 0 Å². The smallest absolute Gasteiger partial charge is 0.338 e. The summed E-state index contributed by atoms with van der Waals surface area (Å²) in [6.45, 7) is 0. The summed E-state index contributed by atoms with van der Waals surface area (Å²) >= 11 is 0. The molecule has 0 amide bonds. The molecule has 3 aromatic rings. The number of hydrogen-bond acceptors (Lipinski definition) is 4. The Labute approximate surface area is 112 Å². The fourth-order valence-electron chi connectivity index (χ4n) is 2.10. The maximum atomic E-state index is 13.5. The molecule has 0 aliphatic rings. The number of nitrogens with zero attached hydrogens (tertiary/aromatic N) is 2. The van der Waals surface area contributed by atoms with E-state index in [1.807, 2.05) is 0 Å². The maximum absolute atomic E-state index is 13.5. The van der Waals surface area contributed by atoms with E-state index in [2.05, 4.69) is 15.0 Å². The number of halogens is 1. The lowest BCUT2D eigenvalue weighted by molar-refractivity contribution is 0.0699. The average Bonchev–Trinajstić information content (AvgIpc) is 2.81. The fraction of sp³-hybridized carbons (Fsp3) is 0. The Balaban J connectivity index is 2.35. The Morgan fingerprint density at radius 3 is 2.80 bits per heavy atom. The van der Waals surface area contributed by atoms with E-state index in [-0.39, 0.29) is 11.3 Å². The summed E-state index contributed by atoms with van der Waals surface area (Å²) in [5.41, 5.74) is 6.96. The van der Waals surface area contributed by atoms with Crippen LogP contribution in [0, 0.1) is 5.82 Å². The first-order chi connectivity index (χ1) is 9.56. The number of fused-ring (bicyclic) bond motifs is 1. The largest absolute Gasteiger partial charge is 0.478 e. The van der Waals surface area contributed by atoms with Gasteiger partial charge in [0.15, 0.2) is 0 Å². The van der Waals surface area contributed by atoms with Gasteiger partial charge in [-0.15, -0.1) is 0 Å². The molecule has 1 aromatic carbocycles. The van der Waals surface area contributed by atoms with Crippen molar-refractivity contribution in [2.24, 2.45) is 0 Å². The normalized spacial score (nSPS) is 10.8. The second-order valence-electron chi connectivity index (χ2n) is 4.23. The van der Waals surface area contributed by atoms with Gasteiger partial charge in [-0.1, -0.05) is 0 Å². The first-order valence-corrected chi connectivity index (χ1v) is 5.68. The van der Waals surface area contributed by atoms with Crippen molar-refractivity contribution in [3.63, 3.8) is 0 Å². The molecule has 6 nitrogen and oxygen atoms in total. The summed E-state index contributed by atoms with van der Waals surface area (Å²) < 4.78 is 13.5. The highest BCUT2D eigenvalue weighted by molar-refractivity contribution is 6.07. The zero-order chi connectivity index (χ0) is 14.3. The Morgan fingerprint density at radius 2 is 2.10 bits per heavy atom. The molecule has 0 aliphatic heterocycles. The van der Waals surface area contributed by atoms with E-state index < -0.39 is 11.8 Å². The summed E-state index contributed by atoms with van der Waals surface area (Å²) in [6, 6.07) is 3.96. The predicted molar refractivity (Wildman–Crippen MR) is 70.7 cm³/mol. The fourth-order valence-corrected chi connectivity index (χ4v) is 2.10. The lowest BCUT2D eigenvalue weighted by atomic mass is 10.1. The number of aromatic amines is 1. The third-order valence-corrected chi connectivity index (χ3v) is 2.89. The van der Waals surface area contributed by atoms with Crippen LogP contribution in [0.1, 0.15) is 10.4 Å². The van der Waals surface area contributed by atoms with Crippen LogP contribution in [0.4, 0.5) is 10.1 Å². The second kappa shape index (κ2) is 4.30. The van der Waals surface area contributed by atoms with E-state index in [0.29, 0.717) is 22.3 Å². The number of carboxylic acids is 1. The van der Waals surface area contributed by atoms with Gasteiger partial charge in [0.05, 0.1) is 16.6 Å². The number of aromatic nitrogens is 3. The highest BCUT2D eigenvalue weighted by atomic mass is 19.1. The molecule has 0 aliphatic carbocycles. The minimum absolute atomic E-state index is 0.0263. The van der Waals surface area contributed by atoms with Crippen molar-refractivity contribution < 1.29 is 14.3 Å². The van der Waals surface area contributed by atoms with Crippen molar-refractivity contribution in [2.75, 3.05) is 5.73 Å². The van der Waals surface area contributed by atoms with Crippen LogP contribution in [0.15, 0.2) is 30.7 Å². The SMILES string of the molecule is Nc1cc(F)cc(-c2ncnc3[nH]cc(C(=O)O)c23)c1. The molecule has 2 heterocycles.